The summed E-state index contributed by atoms with van der Waals surface area (Å²) in [5.74, 6) is 0.646. The Morgan fingerprint density at radius 1 is 1.28 bits per heavy atom. The molecule has 0 aliphatic carbocycles. The van der Waals surface area contributed by atoms with Crippen molar-refractivity contribution < 1.29 is 8.81 Å². The molecule has 0 unspecified atom stereocenters. The van der Waals surface area contributed by atoms with Crippen LogP contribution in [0.5, 0.6) is 0 Å². The molecule has 96 valence electrons. The van der Waals surface area contributed by atoms with E-state index in [1.165, 1.54) is 6.07 Å². The number of furan rings is 1. The molecule has 2 nitrogen and oxygen atoms in total. The third kappa shape index (κ3) is 2.60. The van der Waals surface area contributed by atoms with Gasteiger partial charge in [0, 0.05) is 10.9 Å². The number of benzene rings is 1. The van der Waals surface area contributed by atoms with Crippen LogP contribution in [0.1, 0.15) is 29.9 Å². The first-order chi connectivity index (χ1) is 8.49. The average molecular weight is 265 g/mol. The summed E-state index contributed by atoms with van der Waals surface area (Å²) in [6.45, 7) is 5.52. The lowest BCUT2D eigenvalue weighted by Crippen LogP contribution is -2.07. The lowest BCUT2D eigenvalue weighted by atomic mass is 10.1. The minimum atomic E-state index is -0.212. The second-order valence-corrected chi connectivity index (χ2v) is 5.45. The molecule has 0 fully saturated rings. The van der Waals surface area contributed by atoms with E-state index in [-0.39, 0.29) is 11.9 Å². The van der Waals surface area contributed by atoms with E-state index < -0.39 is 0 Å². The van der Waals surface area contributed by atoms with E-state index in [9.17, 15) is 4.39 Å². The monoisotopic (exact) mass is 265 g/mol. The summed E-state index contributed by atoms with van der Waals surface area (Å²) >= 11 is 1.56. The van der Waals surface area contributed by atoms with Crippen LogP contribution in [-0.2, 0) is 0 Å². The zero-order valence-corrected chi connectivity index (χ0v) is 11.5. The van der Waals surface area contributed by atoms with E-state index in [0.717, 1.165) is 21.1 Å². The van der Waals surface area contributed by atoms with Crippen molar-refractivity contribution >= 4 is 11.8 Å². The lowest BCUT2D eigenvalue weighted by molar-refractivity contribution is 0.527. The van der Waals surface area contributed by atoms with Crippen molar-refractivity contribution in [1.82, 2.24) is 0 Å². The number of aryl methyl sites for hydroxylation is 2. The van der Waals surface area contributed by atoms with Crippen molar-refractivity contribution in [1.29, 1.82) is 0 Å². The van der Waals surface area contributed by atoms with Crippen molar-refractivity contribution in [2.45, 2.75) is 36.6 Å². The number of hydrogen-bond donors (Lipinski definition) is 1. The first-order valence-corrected chi connectivity index (χ1v) is 6.58. The van der Waals surface area contributed by atoms with Crippen LogP contribution in [0.2, 0.25) is 0 Å². The highest BCUT2D eigenvalue weighted by molar-refractivity contribution is 7.99. The van der Waals surface area contributed by atoms with E-state index in [1.54, 1.807) is 24.9 Å². The van der Waals surface area contributed by atoms with Gasteiger partial charge in [0.15, 0.2) is 0 Å². The van der Waals surface area contributed by atoms with Crippen LogP contribution < -0.4 is 5.73 Å². The highest BCUT2D eigenvalue weighted by atomic mass is 32.2. The summed E-state index contributed by atoms with van der Waals surface area (Å²) in [5, 5.41) is 0. The molecule has 0 saturated heterocycles. The van der Waals surface area contributed by atoms with Gasteiger partial charge in [0.05, 0.1) is 11.2 Å². The van der Waals surface area contributed by atoms with Gasteiger partial charge >= 0.3 is 0 Å². The molecule has 2 aromatic rings. The molecule has 0 spiro atoms. The number of nitrogens with two attached hydrogens (primary N) is 1. The summed E-state index contributed by atoms with van der Waals surface area (Å²) in [7, 11) is 0. The summed E-state index contributed by atoms with van der Waals surface area (Å²) < 4.78 is 18.9. The van der Waals surface area contributed by atoms with Gasteiger partial charge in [-0.1, -0.05) is 11.8 Å². The maximum Gasteiger partial charge on any atom is 0.126 e. The van der Waals surface area contributed by atoms with Gasteiger partial charge in [-0.05, 0) is 50.1 Å². The van der Waals surface area contributed by atoms with Crippen LogP contribution in [0.3, 0.4) is 0 Å². The minimum absolute atomic E-state index is 0.199. The molecule has 0 amide bonds. The van der Waals surface area contributed by atoms with Crippen molar-refractivity contribution in [2.75, 3.05) is 0 Å². The van der Waals surface area contributed by atoms with Crippen molar-refractivity contribution in [3.05, 3.63) is 47.2 Å². The molecule has 1 atom stereocenters. The van der Waals surface area contributed by atoms with Gasteiger partial charge in [-0.3, -0.25) is 0 Å². The molecule has 0 saturated carbocycles. The first kappa shape index (κ1) is 13.2. The van der Waals surface area contributed by atoms with E-state index in [0.29, 0.717) is 5.56 Å². The van der Waals surface area contributed by atoms with Crippen molar-refractivity contribution in [3.8, 4) is 0 Å². The Morgan fingerprint density at radius 3 is 2.56 bits per heavy atom. The second kappa shape index (κ2) is 5.16. The lowest BCUT2D eigenvalue weighted by Gasteiger charge is -2.13. The predicted molar refractivity (Wildman–Crippen MR) is 71.3 cm³/mol. The van der Waals surface area contributed by atoms with Gasteiger partial charge in [-0.2, -0.15) is 0 Å². The zero-order valence-electron chi connectivity index (χ0n) is 10.7. The van der Waals surface area contributed by atoms with E-state index in [2.05, 4.69) is 0 Å². The van der Waals surface area contributed by atoms with E-state index >= 15 is 0 Å². The SMILES string of the molecule is Cc1cc(Sc2ccoc2C)c([C@H](C)N)cc1F. The highest BCUT2D eigenvalue weighted by Gasteiger charge is 2.13. The Bertz CT molecular complexity index is 563. The Kier molecular flexibility index (Phi) is 3.78. The standard InChI is InChI=1S/C14H16FNOS/c1-8-6-14(11(9(2)16)7-12(8)15)18-13-4-5-17-10(13)3/h4-7,9H,16H2,1-3H3/t9-/m0/s1. The molecule has 1 aromatic carbocycles. The predicted octanol–water partition coefficient (Wildman–Crippen LogP) is 4.21. The van der Waals surface area contributed by atoms with Crippen molar-refractivity contribution in [2.24, 2.45) is 5.73 Å². The van der Waals surface area contributed by atoms with Crippen LogP contribution in [0.25, 0.3) is 0 Å². The van der Waals surface area contributed by atoms with Gasteiger partial charge in [0.25, 0.3) is 0 Å². The summed E-state index contributed by atoms with van der Waals surface area (Å²) in [4.78, 5) is 2.01. The molecular formula is C14H16FNOS. The smallest absolute Gasteiger partial charge is 0.126 e. The summed E-state index contributed by atoms with van der Waals surface area (Å²) in [6.07, 6.45) is 1.65. The van der Waals surface area contributed by atoms with Gasteiger partial charge in [-0.25, -0.2) is 4.39 Å². The molecule has 1 aromatic heterocycles. The maximum absolute atomic E-state index is 13.6. The molecule has 1 heterocycles. The van der Waals surface area contributed by atoms with Gasteiger partial charge in [0.2, 0.25) is 0 Å². The molecule has 2 N–H and O–H groups in total. The molecule has 0 bridgehead atoms. The molecular weight excluding hydrogens is 249 g/mol. The average Bonchev–Trinajstić information content (AvgIpc) is 2.69. The van der Waals surface area contributed by atoms with E-state index in [1.807, 2.05) is 26.0 Å². The Hall–Kier alpha value is -1.26. The molecule has 0 aliphatic rings. The van der Waals surface area contributed by atoms with Gasteiger partial charge < -0.3 is 10.2 Å². The fourth-order valence-corrected chi connectivity index (χ4v) is 2.86. The summed E-state index contributed by atoms with van der Waals surface area (Å²) in [6, 6.07) is 5.07. The number of rotatable bonds is 3. The number of halogens is 1. The second-order valence-electron chi connectivity index (χ2n) is 4.37. The topological polar surface area (TPSA) is 39.2 Å². The normalized spacial score (nSPS) is 12.7. The maximum atomic E-state index is 13.6. The minimum Gasteiger partial charge on any atom is -0.468 e. The third-order valence-electron chi connectivity index (χ3n) is 2.81. The fourth-order valence-electron chi connectivity index (χ4n) is 1.71. The Balaban J connectivity index is 2.43. The van der Waals surface area contributed by atoms with Crippen LogP contribution in [0, 0.1) is 19.7 Å². The van der Waals surface area contributed by atoms with E-state index in [4.69, 9.17) is 10.2 Å². The molecule has 0 radical (unpaired) electrons. The Morgan fingerprint density at radius 2 is 2.00 bits per heavy atom. The van der Waals surface area contributed by atoms with Gasteiger partial charge in [0.1, 0.15) is 11.6 Å². The quantitative estimate of drug-likeness (QED) is 0.903. The van der Waals surface area contributed by atoms with Crippen LogP contribution >= 0.6 is 11.8 Å². The largest absolute Gasteiger partial charge is 0.468 e. The Labute approximate surface area is 110 Å². The highest BCUT2D eigenvalue weighted by Crippen LogP contribution is 2.36. The number of hydrogen-bond acceptors (Lipinski definition) is 3. The van der Waals surface area contributed by atoms with Crippen LogP contribution in [0.15, 0.2) is 38.7 Å². The molecule has 0 aliphatic heterocycles. The third-order valence-corrected chi connectivity index (χ3v) is 4.03. The zero-order chi connectivity index (χ0) is 13.3. The fraction of sp³-hybridized carbons (Fsp3) is 0.286. The van der Waals surface area contributed by atoms with Crippen LogP contribution in [-0.4, -0.2) is 0 Å². The molecule has 18 heavy (non-hydrogen) atoms. The summed E-state index contributed by atoms with van der Waals surface area (Å²) in [5.41, 5.74) is 7.35. The first-order valence-electron chi connectivity index (χ1n) is 5.76. The molecule has 4 heteroatoms. The molecule has 2 rings (SSSR count). The van der Waals surface area contributed by atoms with Crippen LogP contribution in [0.4, 0.5) is 4.39 Å². The van der Waals surface area contributed by atoms with Crippen molar-refractivity contribution in [3.63, 3.8) is 0 Å². The van der Waals surface area contributed by atoms with Gasteiger partial charge in [-0.15, -0.1) is 0 Å².